The molecule has 0 unspecified atom stereocenters. The highest BCUT2D eigenvalue weighted by molar-refractivity contribution is 9.11. The number of hydrogen-bond acceptors (Lipinski definition) is 4. The molecule has 0 amide bonds. The molecule has 1 heterocycles. The Labute approximate surface area is 117 Å². The van der Waals surface area contributed by atoms with Gasteiger partial charge in [-0.25, -0.2) is 9.97 Å². The topological polar surface area (TPSA) is 75.2 Å². The number of halogens is 2. The monoisotopic (exact) mass is 386 g/mol. The van der Waals surface area contributed by atoms with Crippen LogP contribution in [0.3, 0.4) is 0 Å². The number of nitrogens with zero attached hydrogens (tertiary/aromatic N) is 3. The van der Waals surface area contributed by atoms with E-state index in [4.69, 9.17) is 0 Å². The van der Waals surface area contributed by atoms with Gasteiger partial charge in [0.25, 0.3) is 0 Å². The molecule has 0 saturated carbocycles. The first-order chi connectivity index (χ1) is 7.90. The molecule has 0 aliphatic carbocycles. The lowest BCUT2D eigenvalue weighted by Crippen LogP contribution is -2.35. The van der Waals surface area contributed by atoms with Gasteiger partial charge in [0.1, 0.15) is 4.60 Å². The van der Waals surface area contributed by atoms with E-state index >= 15 is 0 Å². The van der Waals surface area contributed by atoms with Crippen LogP contribution >= 0.6 is 31.9 Å². The molecule has 1 aromatic rings. The summed E-state index contributed by atoms with van der Waals surface area (Å²) < 4.78 is 28.4. The van der Waals surface area contributed by atoms with Gasteiger partial charge in [-0.3, -0.25) is 4.72 Å². The van der Waals surface area contributed by atoms with Crippen molar-refractivity contribution < 1.29 is 8.42 Å². The Balaban J connectivity index is 2.98. The highest BCUT2D eigenvalue weighted by Gasteiger charge is 2.20. The molecule has 17 heavy (non-hydrogen) atoms. The third kappa shape index (κ3) is 3.87. The fourth-order valence-electron chi connectivity index (χ4n) is 1.17. The molecule has 1 N–H and O–H groups in total. The minimum Gasteiger partial charge on any atom is -0.252 e. The smallest absolute Gasteiger partial charge is 0.252 e. The van der Waals surface area contributed by atoms with Gasteiger partial charge in [-0.15, -0.1) is 0 Å². The number of anilines is 1. The number of aromatic nitrogens is 2. The second-order valence-electron chi connectivity index (χ2n) is 3.02. The zero-order valence-corrected chi connectivity index (χ0v) is 13.3. The molecule has 9 heteroatoms. The predicted octanol–water partition coefficient (Wildman–Crippen LogP) is 2.00. The van der Waals surface area contributed by atoms with Crippen molar-refractivity contribution in [2.45, 2.75) is 13.8 Å². The summed E-state index contributed by atoms with van der Waals surface area (Å²) in [5, 5.41) is 0. The van der Waals surface area contributed by atoms with Crippen molar-refractivity contribution in [2.24, 2.45) is 0 Å². The summed E-state index contributed by atoms with van der Waals surface area (Å²) >= 11 is 6.28. The van der Waals surface area contributed by atoms with E-state index in [0.29, 0.717) is 22.3 Å². The van der Waals surface area contributed by atoms with E-state index in [9.17, 15) is 8.42 Å². The second kappa shape index (κ2) is 6.07. The van der Waals surface area contributed by atoms with Crippen LogP contribution in [0.1, 0.15) is 13.8 Å². The van der Waals surface area contributed by atoms with Crippen molar-refractivity contribution in [1.82, 2.24) is 14.3 Å². The van der Waals surface area contributed by atoms with Crippen molar-refractivity contribution in [3.05, 3.63) is 15.4 Å². The standard InChI is InChI=1S/C8H12Br2N4O2S/c1-3-14(4-2)17(15,16)13-8-7(10)12-6(9)5-11-8/h5H,3-4H2,1-2H3,(H,11,13). The SMILES string of the molecule is CCN(CC)S(=O)(=O)Nc1ncc(Br)nc1Br. The number of hydrogen-bond donors (Lipinski definition) is 1. The zero-order valence-electron chi connectivity index (χ0n) is 9.31. The minimum atomic E-state index is -3.58. The van der Waals surface area contributed by atoms with Crippen LogP contribution in [0.2, 0.25) is 0 Å². The second-order valence-corrected chi connectivity index (χ2v) is 6.26. The Morgan fingerprint density at radius 2 is 1.94 bits per heavy atom. The molecule has 0 radical (unpaired) electrons. The van der Waals surface area contributed by atoms with Gasteiger partial charge in [0.05, 0.1) is 6.20 Å². The molecule has 0 bridgehead atoms. The van der Waals surface area contributed by atoms with Crippen LogP contribution in [0.5, 0.6) is 0 Å². The van der Waals surface area contributed by atoms with Crippen LogP contribution < -0.4 is 4.72 Å². The largest absolute Gasteiger partial charge is 0.302 e. The lowest BCUT2D eigenvalue weighted by Gasteiger charge is -2.19. The van der Waals surface area contributed by atoms with E-state index in [1.807, 2.05) is 0 Å². The van der Waals surface area contributed by atoms with Gasteiger partial charge >= 0.3 is 10.2 Å². The maximum Gasteiger partial charge on any atom is 0.302 e. The van der Waals surface area contributed by atoms with E-state index < -0.39 is 10.2 Å². The molecule has 0 saturated heterocycles. The van der Waals surface area contributed by atoms with Crippen molar-refractivity contribution in [3.8, 4) is 0 Å². The Morgan fingerprint density at radius 3 is 2.41 bits per heavy atom. The lowest BCUT2D eigenvalue weighted by molar-refractivity contribution is 0.449. The van der Waals surface area contributed by atoms with E-state index in [0.717, 1.165) is 0 Å². The van der Waals surface area contributed by atoms with Gasteiger partial charge in [-0.05, 0) is 31.9 Å². The number of nitrogens with one attached hydrogen (secondary N) is 1. The highest BCUT2D eigenvalue weighted by atomic mass is 79.9. The van der Waals surface area contributed by atoms with Gasteiger partial charge in [-0.2, -0.15) is 12.7 Å². The summed E-state index contributed by atoms with van der Waals surface area (Å²) in [5.74, 6) is 0.167. The van der Waals surface area contributed by atoms with Crippen molar-refractivity contribution in [3.63, 3.8) is 0 Å². The van der Waals surface area contributed by atoms with Crippen molar-refractivity contribution >= 4 is 47.9 Å². The summed E-state index contributed by atoms with van der Waals surface area (Å²) in [7, 11) is -3.58. The van der Waals surface area contributed by atoms with Gasteiger partial charge in [0, 0.05) is 13.1 Å². The molecule has 0 aromatic carbocycles. The minimum absolute atomic E-state index is 0.167. The maximum atomic E-state index is 11.9. The summed E-state index contributed by atoms with van der Waals surface area (Å²) in [4.78, 5) is 7.93. The average molecular weight is 388 g/mol. The average Bonchev–Trinajstić information content (AvgIpc) is 2.23. The molecular formula is C8H12Br2N4O2S. The fraction of sp³-hybridized carbons (Fsp3) is 0.500. The maximum absolute atomic E-state index is 11.9. The molecule has 0 aliphatic heterocycles. The van der Waals surface area contributed by atoms with E-state index in [1.165, 1.54) is 10.5 Å². The van der Waals surface area contributed by atoms with Crippen LogP contribution in [0.25, 0.3) is 0 Å². The number of rotatable bonds is 5. The molecule has 0 fully saturated rings. The Hall–Kier alpha value is -0.250. The van der Waals surface area contributed by atoms with Crippen LogP contribution in [-0.4, -0.2) is 35.8 Å². The summed E-state index contributed by atoms with van der Waals surface area (Å²) in [6.07, 6.45) is 1.42. The van der Waals surface area contributed by atoms with Crippen molar-refractivity contribution in [1.29, 1.82) is 0 Å². The third-order valence-electron chi connectivity index (χ3n) is 1.97. The van der Waals surface area contributed by atoms with Crippen molar-refractivity contribution in [2.75, 3.05) is 17.8 Å². The Morgan fingerprint density at radius 1 is 1.35 bits per heavy atom. The molecule has 1 rings (SSSR count). The van der Waals surface area contributed by atoms with Gasteiger partial charge in [-0.1, -0.05) is 13.8 Å². The van der Waals surface area contributed by atoms with Crippen LogP contribution in [0.15, 0.2) is 15.4 Å². The Kier molecular flexibility index (Phi) is 5.29. The Bertz CT molecular complexity index is 490. The lowest BCUT2D eigenvalue weighted by atomic mass is 10.7. The summed E-state index contributed by atoms with van der Waals surface area (Å²) in [5.41, 5.74) is 0. The van der Waals surface area contributed by atoms with Crippen LogP contribution in [-0.2, 0) is 10.2 Å². The zero-order chi connectivity index (χ0) is 13.1. The third-order valence-corrected chi connectivity index (χ3v) is 4.55. The first kappa shape index (κ1) is 14.8. The first-order valence-corrected chi connectivity index (χ1v) is 7.89. The van der Waals surface area contributed by atoms with Gasteiger partial charge in [0.15, 0.2) is 10.4 Å². The predicted molar refractivity (Wildman–Crippen MR) is 72.9 cm³/mol. The van der Waals surface area contributed by atoms with Gasteiger partial charge < -0.3 is 0 Å². The van der Waals surface area contributed by atoms with Gasteiger partial charge in [0.2, 0.25) is 0 Å². The molecule has 6 nitrogen and oxygen atoms in total. The quantitative estimate of drug-likeness (QED) is 0.838. The van der Waals surface area contributed by atoms with Crippen LogP contribution in [0.4, 0.5) is 5.82 Å². The normalized spacial score (nSPS) is 11.8. The summed E-state index contributed by atoms with van der Waals surface area (Å²) in [6.45, 7) is 4.33. The molecular weight excluding hydrogens is 376 g/mol. The van der Waals surface area contributed by atoms with E-state index in [-0.39, 0.29) is 5.82 Å². The molecule has 0 spiro atoms. The molecule has 1 aromatic heterocycles. The molecule has 0 atom stereocenters. The highest BCUT2D eigenvalue weighted by Crippen LogP contribution is 2.20. The van der Waals surface area contributed by atoms with E-state index in [2.05, 4.69) is 46.5 Å². The molecule has 0 aliphatic rings. The molecule has 96 valence electrons. The first-order valence-electron chi connectivity index (χ1n) is 4.86. The van der Waals surface area contributed by atoms with E-state index in [1.54, 1.807) is 13.8 Å². The van der Waals surface area contributed by atoms with Crippen LogP contribution in [0, 0.1) is 0 Å². The summed E-state index contributed by atoms with van der Waals surface area (Å²) in [6, 6.07) is 0. The fourth-order valence-corrected chi connectivity index (χ4v) is 3.41.